The van der Waals surface area contributed by atoms with E-state index in [0.29, 0.717) is 12.6 Å². The maximum Gasteiger partial charge on any atom is 0.127 e. The number of rotatable bonds is 6. The lowest BCUT2D eigenvalue weighted by atomic mass is 10.2. The second kappa shape index (κ2) is 6.28. The van der Waals surface area contributed by atoms with E-state index in [1.807, 2.05) is 13.1 Å². The zero-order valence-electron chi connectivity index (χ0n) is 12.4. The van der Waals surface area contributed by atoms with Crippen molar-refractivity contribution >= 4 is 5.82 Å². The van der Waals surface area contributed by atoms with Gasteiger partial charge in [0.25, 0.3) is 0 Å². The summed E-state index contributed by atoms with van der Waals surface area (Å²) in [5.74, 6) is 0.890. The monoisotopic (exact) mass is 291 g/mol. The Labute approximate surface area is 124 Å². The van der Waals surface area contributed by atoms with Crippen molar-refractivity contribution in [2.45, 2.75) is 51.7 Å². The molecule has 1 aliphatic carbocycles. The Hall–Kier alpha value is -1.85. The summed E-state index contributed by atoms with van der Waals surface area (Å²) in [6.07, 6.45) is 10.9. The lowest BCUT2D eigenvalue weighted by Crippen LogP contribution is -2.09. The van der Waals surface area contributed by atoms with Gasteiger partial charge in [0, 0.05) is 23.9 Å². The summed E-state index contributed by atoms with van der Waals surface area (Å²) < 4.78 is 16.3. The van der Waals surface area contributed by atoms with Gasteiger partial charge in [-0.25, -0.2) is 9.07 Å². The number of aromatic nitrogens is 4. The molecule has 6 heteroatoms. The quantitative estimate of drug-likeness (QED) is 0.889. The van der Waals surface area contributed by atoms with Crippen molar-refractivity contribution in [2.24, 2.45) is 0 Å². The van der Waals surface area contributed by atoms with Crippen LogP contribution >= 0.6 is 0 Å². The summed E-state index contributed by atoms with van der Waals surface area (Å²) >= 11 is 0. The minimum atomic E-state index is -0.407. The highest BCUT2D eigenvalue weighted by Gasteiger charge is 2.17. The van der Waals surface area contributed by atoms with Crippen LogP contribution in [0.25, 0.3) is 0 Å². The van der Waals surface area contributed by atoms with Crippen LogP contribution in [0.1, 0.15) is 42.9 Å². The molecule has 2 aromatic heterocycles. The SMILES string of the molecule is Cc1cnn(CCF)c1NCc1cnn(C2CCCC2)c1. The van der Waals surface area contributed by atoms with Gasteiger partial charge in [-0.15, -0.1) is 0 Å². The average molecular weight is 291 g/mol. The first kappa shape index (κ1) is 14.1. The van der Waals surface area contributed by atoms with Crippen LogP contribution in [0.3, 0.4) is 0 Å². The Kier molecular flexibility index (Phi) is 4.22. The normalized spacial score (nSPS) is 15.7. The molecule has 2 heterocycles. The van der Waals surface area contributed by atoms with Crippen LogP contribution < -0.4 is 5.32 Å². The molecule has 0 aromatic carbocycles. The fraction of sp³-hybridized carbons (Fsp3) is 0.600. The summed E-state index contributed by atoms with van der Waals surface area (Å²) in [5.41, 5.74) is 2.18. The molecule has 1 fully saturated rings. The highest BCUT2D eigenvalue weighted by molar-refractivity contribution is 5.43. The second-order valence-corrected chi connectivity index (χ2v) is 5.71. The summed E-state index contributed by atoms with van der Waals surface area (Å²) in [6, 6.07) is 0.567. The van der Waals surface area contributed by atoms with Crippen molar-refractivity contribution in [3.63, 3.8) is 0 Å². The van der Waals surface area contributed by atoms with Gasteiger partial charge in [0.15, 0.2) is 0 Å². The standard InChI is InChI=1S/C15H22FN5/c1-12-8-18-20(7-6-16)15(12)17-9-13-10-19-21(11-13)14-4-2-3-5-14/h8,10-11,14,17H,2-7,9H2,1H3. The maximum absolute atomic E-state index is 12.5. The van der Waals surface area contributed by atoms with E-state index in [-0.39, 0.29) is 6.54 Å². The Morgan fingerprint density at radius 2 is 2.10 bits per heavy atom. The van der Waals surface area contributed by atoms with E-state index in [9.17, 15) is 4.39 Å². The van der Waals surface area contributed by atoms with Crippen LogP contribution in [0.15, 0.2) is 18.6 Å². The molecule has 0 unspecified atom stereocenters. The summed E-state index contributed by atoms with van der Waals surface area (Å²) in [6.45, 7) is 2.55. The molecule has 5 nitrogen and oxygen atoms in total. The Morgan fingerprint density at radius 3 is 2.86 bits per heavy atom. The number of nitrogens with zero attached hydrogens (tertiary/aromatic N) is 4. The fourth-order valence-electron chi connectivity index (χ4n) is 2.98. The summed E-state index contributed by atoms with van der Waals surface area (Å²) in [7, 11) is 0. The van der Waals surface area contributed by atoms with Gasteiger partial charge in [-0.1, -0.05) is 12.8 Å². The Morgan fingerprint density at radius 1 is 1.29 bits per heavy atom. The number of nitrogens with one attached hydrogen (secondary N) is 1. The predicted octanol–water partition coefficient (Wildman–Crippen LogP) is 3.08. The predicted molar refractivity (Wildman–Crippen MR) is 80.0 cm³/mol. The van der Waals surface area contributed by atoms with Crippen LogP contribution in [-0.2, 0) is 13.1 Å². The van der Waals surface area contributed by atoms with E-state index in [4.69, 9.17) is 0 Å². The van der Waals surface area contributed by atoms with Gasteiger partial charge in [0.05, 0.1) is 25.0 Å². The Bertz CT molecular complexity index is 583. The van der Waals surface area contributed by atoms with Crippen molar-refractivity contribution in [3.8, 4) is 0 Å². The van der Waals surface area contributed by atoms with Crippen LogP contribution in [-0.4, -0.2) is 26.2 Å². The molecular formula is C15H22FN5. The minimum absolute atomic E-state index is 0.289. The molecule has 21 heavy (non-hydrogen) atoms. The van der Waals surface area contributed by atoms with Gasteiger partial charge in [-0.3, -0.25) is 4.68 Å². The number of hydrogen-bond acceptors (Lipinski definition) is 3. The summed E-state index contributed by atoms with van der Waals surface area (Å²) in [5, 5.41) is 12.0. The molecule has 0 saturated heterocycles. The van der Waals surface area contributed by atoms with Crippen LogP contribution in [0.4, 0.5) is 10.2 Å². The van der Waals surface area contributed by atoms with E-state index in [1.165, 1.54) is 25.7 Å². The van der Waals surface area contributed by atoms with Gasteiger partial charge < -0.3 is 5.32 Å². The number of hydrogen-bond donors (Lipinski definition) is 1. The second-order valence-electron chi connectivity index (χ2n) is 5.71. The van der Waals surface area contributed by atoms with Crippen molar-refractivity contribution in [3.05, 3.63) is 29.7 Å². The van der Waals surface area contributed by atoms with Gasteiger partial charge in [0.1, 0.15) is 12.5 Å². The third-order valence-corrected chi connectivity index (χ3v) is 4.13. The van der Waals surface area contributed by atoms with E-state index < -0.39 is 6.67 Å². The zero-order chi connectivity index (χ0) is 14.7. The van der Waals surface area contributed by atoms with E-state index in [2.05, 4.69) is 26.4 Å². The third kappa shape index (κ3) is 3.09. The molecule has 114 valence electrons. The topological polar surface area (TPSA) is 47.7 Å². The maximum atomic E-state index is 12.5. The Balaban J connectivity index is 1.63. The number of halogens is 1. The molecule has 2 aromatic rings. The summed E-state index contributed by atoms with van der Waals surface area (Å²) in [4.78, 5) is 0. The highest BCUT2D eigenvalue weighted by Crippen LogP contribution is 2.28. The smallest absolute Gasteiger partial charge is 0.127 e. The van der Waals surface area contributed by atoms with Crippen LogP contribution in [0.2, 0.25) is 0 Å². The van der Waals surface area contributed by atoms with E-state index in [0.717, 1.165) is 16.9 Å². The molecule has 0 atom stereocenters. The molecule has 3 rings (SSSR count). The third-order valence-electron chi connectivity index (χ3n) is 4.13. The van der Waals surface area contributed by atoms with Gasteiger partial charge in [-0.05, 0) is 19.8 Å². The van der Waals surface area contributed by atoms with Gasteiger partial charge in [-0.2, -0.15) is 10.2 Å². The molecule has 0 radical (unpaired) electrons. The first-order valence-corrected chi connectivity index (χ1v) is 7.63. The largest absolute Gasteiger partial charge is 0.366 e. The lowest BCUT2D eigenvalue weighted by Gasteiger charge is -2.10. The molecule has 1 N–H and O–H groups in total. The first-order chi connectivity index (χ1) is 10.3. The van der Waals surface area contributed by atoms with Crippen molar-refractivity contribution in [1.82, 2.24) is 19.6 Å². The minimum Gasteiger partial charge on any atom is -0.366 e. The first-order valence-electron chi connectivity index (χ1n) is 7.63. The molecule has 0 amide bonds. The molecule has 0 aliphatic heterocycles. The molecule has 0 spiro atoms. The van der Waals surface area contributed by atoms with Crippen LogP contribution in [0, 0.1) is 6.92 Å². The fourth-order valence-corrected chi connectivity index (χ4v) is 2.98. The van der Waals surface area contributed by atoms with Crippen LogP contribution in [0.5, 0.6) is 0 Å². The lowest BCUT2D eigenvalue weighted by molar-refractivity contribution is 0.429. The van der Waals surface area contributed by atoms with Crippen molar-refractivity contribution in [2.75, 3.05) is 12.0 Å². The molecule has 0 bridgehead atoms. The molecule has 1 aliphatic rings. The number of anilines is 1. The van der Waals surface area contributed by atoms with E-state index in [1.54, 1.807) is 10.9 Å². The molecule has 1 saturated carbocycles. The molecular weight excluding hydrogens is 269 g/mol. The van der Waals surface area contributed by atoms with Crippen molar-refractivity contribution in [1.29, 1.82) is 0 Å². The van der Waals surface area contributed by atoms with E-state index >= 15 is 0 Å². The van der Waals surface area contributed by atoms with Gasteiger partial charge >= 0.3 is 0 Å². The van der Waals surface area contributed by atoms with Gasteiger partial charge in [0.2, 0.25) is 0 Å². The average Bonchev–Trinajstić information content (AvgIpc) is 3.18. The van der Waals surface area contributed by atoms with Crippen molar-refractivity contribution < 1.29 is 4.39 Å². The number of alkyl halides is 1. The highest BCUT2D eigenvalue weighted by atomic mass is 19.1. The zero-order valence-corrected chi connectivity index (χ0v) is 12.4. The number of aryl methyl sites for hydroxylation is 2.